The van der Waals surface area contributed by atoms with E-state index in [1.807, 2.05) is 30.3 Å². The van der Waals surface area contributed by atoms with E-state index < -0.39 is 12.1 Å². The number of benzene rings is 1. The van der Waals surface area contributed by atoms with E-state index in [0.29, 0.717) is 6.54 Å². The molecular formula is C17H25NO4. The molecule has 0 radical (unpaired) electrons. The number of nitrogens with zero attached hydrogens (tertiary/aromatic N) is 1. The van der Waals surface area contributed by atoms with Crippen molar-refractivity contribution < 1.29 is 19.4 Å². The second kappa shape index (κ2) is 10.7. The monoisotopic (exact) mass is 307 g/mol. The van der Waals surface area contributed by atoms with Gasteiger partial charge in [-0.1, -0.05) is 62.9 Å². The maximum absolute atomic E-state index is 12.0. The molecule has 0 saturated carbocycles. The number of carboxylic acids is 1. The van der Waals surface area contributed by atoms with Gasteiger partial charge in [-0.3, -0.25) is 9.69 Å². The lowest BCUT2D eigenvalue weighted by Crippen LogP contribution is -2.36. The summed E-state index contributed by atoms with van der Waals surface area (Å²) in [5.74, 6) is -1.02. The average Bonchev–Trinajstić information content (AvgIpc) is 2.52. The van der Waals surface area contributed by atoms with Crippen molar-refractivity contribution in [3.63, 3.8) is 0 Å². The maximum atomic E-state index is 12.0. The molecule has 0 atom stereocenters. The highest BCUT2D eigenvalue weighted by Crippen LogP contribution is 2.07. The van der Waals surface area contributed by atoms with E-state index in [-0.39, 0.29) is 13.2 Å². The molecule has 0 bridgehead atoms. The number of ether oxygens (including phenoxy) is 1. The first-order valence-corrected chi connectivity index (χ1v) is 7.81. The Morgan fingerprint density at radius 3 is 2.41 bits per heavy atom. The van der Waals surface area contributed by atoms with Gasteiger partial charge in [0, 0.05) is 6.54 Å². The normalized spacial score (nSPS) is 10.2. The third-order valence-electron chi connectivity index (χ3n) is 3.32. The van der Waals surface area contributed by atoms with Crippen molar-refractivity contribution in [1.82, 2.24) is 4.90 Å². The zero-order valence-electron chi connectivity index (χ0n) is 13.2. The summed E-state index contributed by atoms with van der Waals surface area (Å²) >= 11 is 0. The topological polar surface area (TPSA) is 66.8 Å². The SMILES string of the molecule is CCCCCCCN(CC(=O)O)C(=O)OCc1ccccc1. The highest BCUT2D eigenvalue weighted by molar-refractivity contribution is 5.76. The summed E-state index contributed by atoms with van der Waals surface area (Å²) in [7, 11) is 0. The van der Waals surface area contributed by atoms with Crippen molar-refractivity contribution in [2.24, 2.45) is 0 Å². The number of carbonyl (C=O) groups excluding carboxylic acids is 1. The molecule has 0 aliphatic carbocycles. The molecule has 0 spiro atoms. The second-order valence-electron chi connectivity index (χ2n) is 5.27. The minimum Gasteiger partial charge on any atom is -0.480 e. The van der Waals surface area contributed by atoms with E-state index in [0.717, 1.165) is 37.7 Å². The number of carbonyl (C=O) groups is 2. The zero-order valence-corrected chi connectivity index (χ0v) is 13.2. The number of carboxylic acid groups (broad SMARTS) is 1. The van der Waals surface area contributed by atoms with Gasteiger partial charge in [0.15, 0.2) is 0 Å². The van der Waals surface area contributed by atoms with Crippen molar-refractivity contribution in [2.45, 2.75) is 45.6 Å². The maximum Gasteiger partial charge on any atom is 0.410 e. The van der Waals surface area contributed by atoms with Crippen molar-refractivity contribution in [3.8, 4) is 0 Å². The molecule has 0 aromatic heterocycles. The second-order valence-corrected chi connectivity index (χ2v) is 5.27. The number of amides is 1. The third-order valence-corrected chi connectivity index (χ3v) is 3.32. The van der Waals surface area contributed by atoms with E-state index in [9.17, 15) is 9.59 Å². The molecule has 1 aromatic rings. The third kappa shape index (κ3) is 7.67. The quantitative estimate of drug-likeness (QED) is 0.670. The molecule has 1 amide bonds. The first kappa shape index (κ1) is 18.0. The Balaban J connectivity index is 2.40. The molecule has 5 nitrogen and oxygen atoms in total. The molecule has 1 rings (SSSR count). The average molecular weight is 307 g/mol. The largest absolute Gasteiger partial charge is 0.480 e. The Hall–Kier alpha value is -2.04. The smallest absolute Gasteiger partial charge is 0.410 e. The Bertz CT molecular complexity index is 447. The molecule has 22 heavy (non-hydrogen) atoms. The lowest BCUT2D eigenvalue weighted by atomic mass is 10.1. The van der Waals surface area contributed by atoms with Crippen molar-refractivity contribution in [1.29, 1.82) is 0 Å². The van der Waals surface area contributed by atoms with Crippen LogP contribution in [0.5, 0.6) is 0 Å². The summed E-state index contributed by atoms with van der Waals surface area (Å²) in [5.41, 5.74) is 0.883. The standard InChI is InChI=1S/C17H25NO4/c1-2-3-4-5-9-12-18(13-16(19)20)17(21)22-14-15-10-7-6-8-11-15/h6-8,10-11H,2-5,9,12-14H2,1H3,(H,19,20). The van der Waals surface area contributed by atoms with Gasteiger partial charge in [-0.05, 0) is 12.0 Å². The summed E-state index contributed by atoms with van der Waals surface area (Å²) in [6.45, 7) is 2.40. The van der Waals surface area contributed by atoms with Gasteiger partial charge in [0.25, 0.3) is 0 Å². The highest BCUT2D eigenvalue weighted by Gasteiger charge is 2.17. The predicted octanol–water partition coefficient (Wildman–Crippen LogP) is 3.68. The molecule has 1 aromatic carbocycles. The molecule has 0 aliphatic heterocycles. The molecule has 0 fully saturated rings. The van der Waals surface area contributed by atoms with Crippen LogP contribution in [0.2, 0.25) is 0 Å². The van der Waals surface area contributed by atoms with Crippen LogP contribution in [0, 0.1) is 0 Å². The minimum atomic E-state index is -1.02. The molecular weight excluding hydrogens is 282 g/mol. The number of hydrogen-bond acceptors (Lipinski definition) is 3. The van der Waals surface area contributed by atoms with Gasteiger partial charge in [-0.2, -0.15) is 0 Å². The van der Waals surface area contributed by atoms with E-state index >= 15 is 0 Å². The summed E-state index contributed by atoms with van der Waals surface area (Å²) in [4.78, 5) is 24.1. The van der Waals surface area contributed by atoms with Crippen LogP contribution >= 0.6 is 0 Å². The van der Waals surface area contributed by atoms with E-state index in [1.54, 1.807) is 0 Å². The van der Waals surface area contributed by atoms with Crippen LogP contribution in [-0.2, 0) is 16.1 Å². The fourth-order valence-electron chi connectivity index (χ4n) is 2.11. The van der Waals surface area contributed by atoms with Gasteiger partial charge < -0.3 is 9.84 Å². The molecule has 0 heterocycles. The van der Waals surface area contributed by atoms with Gasteiger partial charge in [-0.15, -0.1) is 0 Å². The van der Waals surface area contributed by atoms with Crippen LogP contribution in [0.25, 0.3) is 0 Å². The molecule has 0 aliphatic rings. The minimum absolute atomic E-state index is 0.158. The number of hydrogen-bond donors (Lipinski definition) is 1. The van der Waals surface area contributed by atoms with Gasteiger partial charge in [-0.25, -0.2) is 4.79 Å². The van der Waals surface area contributed by atoms with Gasteiger partial charge in [0.2, 0.25) is 0 Å². The number of aliphatic carboxylic acids is 1. The van der Waals surface area contributed by atoms with E-state index in [1.165, 1.54) is 4.90 Å². The van der Waals surface area contributed by atoms with Gasteiger partial charge in [0.05, 0.1) is 0 Å². The van der Waals surface area contributed by atoms with Crippen molar-refractivity contribution in [2.75, 3.05) is 13.1 Å². The number of rotatable bonds is 10. The molecule has 1 N–H and O–H groups in total. The summed E-state index contributed by atoms with van der Waals surface area (Å²) in [6, 6.07) is 9.34. The molecule has 5 heteroatoms. The lowest BCUT2D eigenvalue weighted by molar-refractivity contribution is -0.138. The van der Waals surface area contributed by atoms with Crippen LogP contribution in [0.1, 0.15) is 44.6 Å². The Labute approximate surface area is 131 Å². The Kier molecular flexibility index (Phi) is 8.72. The van der Waals surface area contributed by atoms with E-state index in [4.69, 9.17) is 9.84 Å². The lowest BCUT2D eigenvalue weighted by Gasteiger charge is -2.20. The zero-order chi connectivity index (χ0) is 16.2. The first-order chi connectivity index (χ1) is 10.6. The molecule has 122 valence electrons. The Morgan fingerprint density at radius 1 is 1.09 bits per heavy atom. The molecule has 0 unspecified atom stereocenters. The van der Waals surface area contributed by atoms with Crippen molar-refractivity contribution in [3.05, 3.63) is 35.9 Å². The van der Waals surface area contributed by atoms with Crippen LogP contribution in [-0.4, -0.2) is 35.2 Å². The van der Waals surface area contributed by atoms with Crippen molar-refractivity contribution >= 4 is 12.1 Å². The first-order valence-electron chi connectivity index (χ1n) is 7.81. The van der Waals surface area contributed by atoms with E-state index in [2.05, 4.69) is 6.92 Å². The predicted molar refractivity (Wildman–Crippen MR) is 84.6 cm³/mol. The van der Waals surface area contributed by atoms with Crippen LogP contribution in [0.3, 0.4) is 0 Å². The summed E-state index contributed by atoms with van der Waals surface area (Å²) in [5, 5.41) is 8.91. The Morgan fingerprint density at radius 2 is 1.77 bits per heavy atom. The molecule has 0 saturated heterocycles. The fraction of sp³-hybridized carbons (Fsp3) is 0.529. The highest BCUT2D eigenvalue weighted by atomic mass is 16.6. The van der Waals surface area contributed by atoms with Crippen LogP contribution in [0.4, 0.5) is 4.79 Å². The van der Waals surface area contributed by atoms with Crippen LogP contribution in [0.15, 0.2) is 30.3 Å². The van der Waals surface area contributed by atoms with Crippen LogP contribution < -0.4 is 0 Å². The number of unbranched alkanes of at least 4 members (excludes halogenated alkanes) is 4. The van der Waals surface area contributed by atoms with Gasteiger partial charge >= 0.3 is 12.1 Å². The fourth-order valence-corrected chi connectivity index (χ4v) is 2.11. The summed E-state index contributed by atoms with van der Waals surface area (Å²) < 4.78 is 5.19. The van der Waals surface area contributed by atoms with Gasteiger partial charge in [0.1, 0.15) is 13.2 Å². The summed E-state index contributed by atoms with van der Waals surface area (Å²) in [6.07, 6.45) is 4.65.